The van der Waals surface area contributed by atoms with Gasteiger partial charge in [0.2, 0.25) is 0 Å². The standard InChI is InChI=1S/C6H9NO.U/c1-5(7-4-8)6-2-3-6;/h5-6H,1-3H2,(H,7,8);/q-2;+2/t5-;/m1./s1. The van der Waals surface area contributed by atoms with E-state index in [-0.39, 0.29) is 37.2 Å². The van der Waals surface area contributed by atoms with Gasteiger partial charge in [-0.15, -0.1) is 6.04 Å². The van der Waals surface area contributed by atoms with Crippen molar-refractivity contribution in [3.63, 3.8) is 0 Å². The van der Waals surface area contributed by atoms with E-state index in [0.717, 1.165) is 0 Å². The first-order valence-corrected chi connectivity index (χ1v) is 2.80. The minimum atomic E-state index is 0. The second-order valence-electron chi connectivity index (χ2n) is 2.19. The van der Waals surface area contributed by atoms with E-state index in [0.29, 0.717) is 5.92 Å². The molecule has 48 valence electrons. The van der Waals surface area contributed by atoms with Crippen molar-refractivity contribution < 1.29 is 35.9 Å². The van der Waals surface area contributed by atoms with Gasteiger partial charge in [0.15, 0.2) is 0 Å². The summed E-state index contributed by atoms with van der Waals surface area (Å²) >= 11 is 0. The van der Waals surface area contributed by atoms with Crippen LogP contribution in [0.4, 0.5) is 0 Å². The summed E-state index contributed by atoms with van der Waals surface area (Å²) in [4.78, 5) is 9.67. The number of amides is 1. The van der Waals surface area contributed by atoms with Crippen molar-refractivity contribution >= 4 is 6.41 Å². The summed E-state index contributed by atoms with van der Waals surface area (Å²) in [6, 6.07) is 0.104. The smallest absolute Gasteiger partial charge is 0.552 e. The molecule has 0 radical (unpaired) electrons. The maximum Gasteiger partial charge on any atom is 2.00 e. The number of rotatable bonds is 3. The zero-order valence-corrected chi connectivity index (χ0v) is 9.35. The molecular formula is C6H9NOU. The van der Waals surface area contributed by atoms with Crippen LogP contribution >= 0.6 is 0 Å². The van der Waals surface area contributed by atoms with Crippen LogP contribution < -0.4 is 5.32 Å². The molecule has 0 aromatic rings. The van der Waals surface area contributed by atoms with Gasteiger partial charge in [0.05, 0.1) is 0 Å². The molecule has 0 aromatic heterocycles. The summed E-state index contributed by atoms with van der Waals surface area (Å²) in [6.45, 7) is 3.72. The molecule has 1 rings (SSSR count). The van der Waals surface area contributed by atoms with Crippen LogP contribution in [0.25, 0.3) is 0 Å². The molecule has 0 aromatic carbocycles. The van der Waals surface area contributed by atoms with Gasteiger partial charge in [0.1, 0.15) is 0 Å². The summed E-state index contributed by atoms with van der Waals surface area (Å²) < 4.78 is 0. The summed E-state index contributed by atoms with van der Waals surface area (Å²) in [5.74, 6) is 0.636. The molecule has 9 heavy (non-hydrogen) atoms. The van der Waals surface area contributed by atoms with Crippen LogP contribution in [0.5, 0.6) is 0 Å². The van der Waals surface area contributed by atoms with Crippen LogP contribution in [0.2, 0.25) is 0 Å². The molecule has 3 heteroatoms. The summed E-state index contributed by atoms with van der Waals surface area (Å²) in [5.41, 5.74) is 0. The van der Waals surface area contributed by atoms with Crippen molar-refractivity contribution in [3.8, 4) is 0 Å². The van der Waals surface area contributed by atoms with E-state index in [1.54, 1.807) is 6.41 Å². The number of nitrogens with one attached hydrogen (secondary N) is 1. The van der Waals surface area contributed by atoms with Gasteiger partial charge in [-0.25, -0.2) is 0 Å². The Morgan fingerprint density at radius 3 is 2.56 bits per heavy atom. The zero-order chi connectivity index (χ0) is 5.98. The van der Waals surface area contributed by atoms with Crippen LogP contribution in [0.3, 0.4) is 0 Å². The van der Waals surface area contributed by atoms with E-state index >= 15 is 0 Å². The van der Waals surface area contributed by atoms with Gasteiger partial charge in [-0.1, -0.05) is 18.8 Å². The normalized spacial score (nSPS) is 19.7. The van der Waals surface area contributed by atoms with Crippen LogP contribution in [-0.2, 0) is 4.79 Å². The molecule has 1 atom stereocenters. The van der Waals surface area contributed by atoms with Gasteiger partial charge < -0.3 is 17.0 Å². The van der Waals surface area contributed by atoms with E-state index in [9.17, 15) is 4.79 Å². The fraction of sp³-hybridized carbons (Fsp3) is 0.667. The second-order valence-corrected chi connectivity index (χ2v) is 2.19. The fourth-order valence-corrected chi connectivity index (χ4v) is 0.692. The number of hydrogen-bond acceptors (Lipinski definition) is 1. The van der Waals surface area contributed by atoms with E-state index in [1.165, 1.54) is 12.8 Å². The van der Waals surface area contributed by atoms with Crippen LogP contribution in [0.15, 0.2) is 0 Å². The Balaban J connectivity index is 0.000000640. The Labute approximate surface area is 79.1 Å². The Bertz CT molecular complexity index is 93.1. The largest absolute Gasteiger partial charge is 2.00 e. The molecule has 1 amide bonds. The number of hydrogen-bond donors (Lipinski definition) is 1. The molecule has 1 aliphatic carbocycles. The maximum atomic E-state index is 9.67. The second kappa shape index (κ2) is 4.36. The average molecular weight is 349 g/mol. The zero-order valence-electron chi connectivity index (χ0n) is 5.18. The Morgan fingerprint density at radius 1 is 1.67 bits per heavy atom. The quantitative estimate of drug-likeness (QED) is 0.575. The Kier molecular flexibility index (Phi) is 4.61. The molecule has 1 N–H and O–H groups in total. The van der Waals surface area contributed by atoms with Gasteiger partial charge in [-0.3, -0.25) is 0 Å². The molecule has 0 unspecified atom stereocenters. The third-order valence-electron chi connectivity index (χ3n) is 1.44. The SMILES string of the molecule is [CH2-][C@@H](N[C-]=O)C1CC1.[U+2]. The molecular weight excluding hydrogens is 340 g/mol. The Morgan fingerprint density at radius 2 is 2.22 bits per heavy atom. The van der Waals surface area contributed by atoms with Gasteiger partial charge >= 0.3 is 31.1 Å². The van der Waals surface area contributed by atoms with Crippen molar-refractivity contribution in [2.45, 2.75) is 18.9 Å². The summed E-state index contributed by atoms with van der Waals surface area (Å²) in [6.07, 6.45) is 4.05. The fourth-order valence-electron chi connectivity index (χ4n) is 0.692. The van der Waals surface area contributed by atoms with Gasteiger partial charge in [-0.2, -0.15) is 6.41 Å². The maximum absolute atomic E-state index is 9.67. The van der Waals surface area contributed by atoms with E-state index in [2.05, 4.69) is 12.2 Å². The van der Waals surface area contributed by atoms with Crippen molar-refractivity contribution in [1.29, 1.82) is 0 Å². The van der Waals surface area contributed by atoms with Crippen molar-refractivity contribution in [2.75, 3.05) is 0 Å². The Hall–Kier alpha value is 0.522. The monoisotopic (exact) mass is 349 g/mol. The minimum absolute atomic E-state index is 0. The van der Waals surface area contributed by atoms with Crippen molar-refractivity contribution in [1.82, 2.24) is 5.32 Å². The first-order chi connectivity index (χ1) is 3.84. The third-order valence-corrected chi connectivity index (χ3v) is 1.44. The summed E-state index contributed by atoms with van der Waals surface area (Å²) in [5, 5.41) is 2.49. The first kappa shape index (κ1) is 9.52. The molecule has 0 spiro atoms. The molecule has 2 nitrogen and oxygen atoms in total. The molecule has 1 fully saturated rings. The average Bonchev–Trinajstić information content (AvgIpc) is 2.45. The summed E-state index contributed by atoms with van der Waals surface area (Å²) in [7, 11) is 0. The van der Waals surface area contributed by atoms with Crippen molar-refractivity contribution in [2.24, 2.45) is 5.92 Å². The predicted molar refractivity (Wildman–Crippen MR) is 30.7 cm³/mol. The van der Waals surface area contributed by atoms with Gasteiger partial charge in [0, 0.05) is 0 Å². The minimum Gasteiger partial charge on any atom is -0.552 e. The van der Waals surface area contributed by atoms with E-state index < -0.39 is 0 Å². The van der Waals surface area contributed by atoms with Gasteiger partial charge in [0.25, 0.3) is 0 Å². The molecule has 0 saturated heterocycles. The topological polar surface area (TPSA) is 29.1 Å². The van der Waals surface area contributed by atoms with E-state index in [4.69, 9.17) is 0 Å². The first-order valence-electron chi connectivity index (χ1n) is 2.80. The predicted octanol–water partition coefficient (Wildman–Crippen LogP) is 0.256. The third kappa shape index (κ3) is 3.27. The molecule has 1 aliphatic rings. The van der Waals surface area contributed by atoms with Crippen LogP contribution in [-0.4, -0.2) is 12.5 Å². The van der Waals surface area contributed by atoms with E-state index in [1.807, 2.05) is 0 Å². The van der Waals surface area contributed by atoms with Crippen LogP contribution in [0, 0.1) is 44.0 Å². The van der Waals surface area contributed by atoms with Gasteiger partial charge in [-0.05, 0) is 0 Å². The molecule has 1 saturated carbocycles. The van der Waals surface area contributed by atoms with Crippen LogP contribution in [0.1, 0.15) is 12.8 Å². The number of carbonyl (C=O) groups excluding carboxylic acids is 1. The van der Waals surface area contributed by atoms with Crippen molar-refractivity contribution in [3.05, 3.63) is 6.92 Å². The molecule has 0 bridgehead atoms. The molecule has 0 aliphatic heterocycles. The molecule has 0 heterocycles.